The Morgan fingerprint density at radius 2 is 2.00 bits per heavy atom. The SMILES string of the molecule is Cc1ccc(C(CCC(C)(C)C)NN)cc1F. The summed E-state index contributed by atoms with van der Waals surface area (Å²) < 4.78 is 13.5. The van der Waals surface area contributed by atoms with Gasteiger partial charge in [-0.15, -0.1) is 0 Å². The van der Waals surface area contributed by atoms with E-state index in [-0.39, 0.29) is 17.3 Å². The molecule has 0 aliphatic carbocycles. The molecular weight excluding hydrogens is 215 g/mol. The van der Waals surface area contributed by atoms with Gasteiger partial charge in [-0.1, -0.05) is 32.9 Å². The van der Waals surface area contributed by atoms with Crippen LogP contribution in [-0.4, -0.2) is 0 Å². The molecule has 0 radical (unpaired) electrons. The van der Waals surface area contributed by atoms with Crippen LogP contribution in [0.25, 0.3) is 0 Å². The first-order valence-electron chi connectivity index (χ1n) is 6.05. The molecule has 0 aliphatic heterocycles. The third-order valence-corrected chi connectivity index (χ3v) is 2.98. The van der Waals surface area contributed by atoms with Gasteiger partial charge in [0.25, 0.3) is 0 Å². The van der Waals surface area contributed by atoms with E-state index >= 15 is 0 Å². The van der Waals surface area contributed by atoms with E-state index in [9.17, 15) is 4.39 Å². The van der Waals surface area contributed by atoms with Crippen LogP contribution in [0.2, 0.25) is 0 Å². The number of rotatable bonds is 4. The van der Waals surface area contributed by atoms with Crippen LogP contribution in [0.15, 0.2) is 18.2 Å². The first-order valence-corrected chi connectivity index (χ1v) is 6.05. The van der Waals surface area contributed by atoms with Gasteiger partial charge in [-0.25, -0.2) is 4.39 Å². The maximum Gasteiger partial charge on any atom is 0.126 e. The number of nitrogens with one attached hydrogen (secondary N) is 1. The van der Waals surface area contributed by atoms with Crippen molar-refractivity contribution < 1.29 is 4.39 Å². The standard InChI is InChI=1S/C14H23FN2/c1-10-5-6-11(9-12(10)15)13(17-16)7-8-14(2,3)4/h5-6,9,13,17H,7-8,16H2,1-4H3. The second kappa shape index (κ2) is 5.61. The van der Waals surface area contributed by atoms with Crippen LogP contribution in [-0.2, 0) is 0 Å². The second-order valence-corrected chi connectivity index (χ2v) is 5.83. The number of benzene rings is 1. The molecule has 0 spiro atoms. The Labute approximate surface area is 103 Å². The van der Waals surface area contributed by atoms with Gasteiger partial charge in [0.1, 0.15) is 5.82 Å². The molecule has 3 heteroatoms. The lowest BCUT2D eigenvalue weighted by Gasteiger charge is -2.23. The van der Waals surface area contributed by atoms with Crippen LogP contribution in [0, 0.1) is 18.2 Å². The van der Waals surface area contributed by atoms with Crippen LogP contribution in [0.3, 0.4) is 0 Å². The summed E-state index contributed by atoms with van der Waals surface area (Å²) in [6, 6.07) is 5.32. The van der Waals surface area contributed by atoms with Crippen molar-refractivity contribution in [3.8, 4) is 0 Å². The molecule has 0 fully saturated rings. The number of nitrogens with two attached hydrogens (primary N) is 1. The van der Waals surface area contributed by atoms with Crippen molar-refractivity contribution >= 4 is 0 Å². The van der Waals surface area contributed by atoms with Crippen molar-refractivity contribution in [2.24, 2.45) is 11.3 Å². The first kappa shape index (κ1) is 14.1. The van der Waals surface area contributed by atoms with Crippen LogP contribution >= 0.6 is 0 Å². The fourth-order valence-corrected chi connectivity index (χ4v) is 1.75. The Morgan fingerprint density at radius 1 is 1.35 bits per heavy atom. The summed E-state index contributed by atoms with van der Waals surface area (Å²) in [5.74, 6) is 5.38. The van der Waals surface area contributed by atoms with Crippen LogP contribution in [0.5, 0.6) is 0 Å². The molecule has 2 nitrogen and oxygen atoms in total. The average Bonchev–Trinajstić information content (AvgIpc) is 2.22. The summed E-state index contributed by atoms with van der Waals surface area (Å²) in [5, 5.41) is 0. The number of hydrogen-bond donors (Lipinski definition) is 2. The van der Waals surface area contributed by atoms with Crippen molar-refractivity contribution in [3.05, 3.63) is 35.1 Å². The quantitative estimate of drug-likeness (QED) is 0.622. The smallest absolute Gasteiger partial charge is 0.126 e. The Balaban J connectivity index is 2.76. The van der Waals surface area contributed by atoms with Gasteiger partial charge >= 0.3 is 0 Å². The highest BCUT2D eigenvalue weighted by Crippen LogP contribution is 2.27. The van der Waals surface area contributed by atoms with Crippen LogP contribution in [0.4, 0.5) is 4.39 Å². The van der Waals surface area contributed by atoms with Crippen molar-refractivity contribution in [3.63, 3.8) is 0 Å². The number of aryl methyl sites for hydroxylation is 1. The monoisotopic (exact) mass is 238 g/mol. The largest absolute Gasteiger partial charge is 0.271 e. The lowest BCUT2D eigenvalue weighted by Crippen LogP contribution is -2.29. The zero-order valence-electron chi connectivity index (χ0n) is 11.2. The summed E-state index contributed by atoms with van der Waals surface area (Å²) >= 11 is 0. The molecule has 0 saturated carbocycles. The summed E-state index contributed by atoms with van der Waals surface area (Å²) in [6.07, 6.45) is 1.94. The molecule has 3 N–H and O–H groups in total. The van der Waals surface area contributed by atoms with E-state index in [1.165, 1.54) is 0 Å². The van der Waals surface area contributed by atoms with Crippen molar-refractivity contribution in [1.29, 1.82) is 0 Å². The highest BCUT2D eigenvalue weighted by molar-refractivity contribution is 5.25. The Kier molecular flexibility index (Phi) is 4.66. The molecular formula is C14H23FN2. The molecule has 1 aromatic rings. The molecule has 0 heterocycles. The number of halogens is 1. The normalized spacial score (nSPS) is 13.8. The zero-order valence-corrected chi connectivity index (χ0v) is 11.2. The lowest BCUT2D eigenvalue weighted by molar-refractivity contribution is 0.333. The molecule has 96 valence electrons. The minimum Gasteiger partial charge on any atom is -0.271 e. The zero-order chi connectivity index (χ0) is 13.1. The Hall–Kier alpha value is -0.930. The minimum atomic E-state index is -0.168. The molecule has 1 atom stereocenters. The maximum atomic E-state index is 13.5. The molecule has 0 aromatic heterocycles. The van der Waals surface area contributed by atoms with Gasteiger partial charge in [-0.05, 0) is 42.4 Å². The fourth-order valence-electron chi connectivity index (χ4n) is 1.75. The molecule has 17 heavy (non-hydrogen) atoms. The van der Waals surface area contributed by atoms with E-state index < -0.39 is 0 Å². The van der Waals surface area contributed by atoms with E-state index in [0.29, 0.717) is 5.56 Å². The fraction of sp³-hybridized carbons (Fsp3) is 0.571. The summed E-state index contributed by atoms with van der Waals surface area (Å²) in [6.45, 7) is 8.34. The molecule has 0 saturated heterocycles. The minimum absolute atomic E-state index is 0.0179. The van der Waals surface area contributed by atoms with Gasteiger partial charge in [-0.2, -0.15) is 0 Å². The van der Waals surface area contributed by atoms with Gasteiger partial charge in [0.2, 0.25) is 0 Å². The van der Waals surface area contributed by atoms with Crippen molar-refractivity contribution in [1.82, 2.24) is 5.43 Å². The van der Waals surface area contributed by atoms with Gasteiger partial charge in [0, 0.05) is 6.04 Å². The molecule has 0 amide bonds. The predicted octanol–water partition coefficient (Wildman–Crippen LogP) is 3.46. The lowest BCUT2D eigenvalue weighted by atomic mass is 9.87. The number of hydrazine groups is 1. The Morgan fingerprint density at radius 3 is 2.47 bits per heavy atom. The topological polar surface area (TPSA) is 38.0 Å². The molecule has 1 unspecified atom stereocenters. The van der Waals surface area contributed by atoms with Gasteiger partial charge < -0.3 is 0 Å². The maximum absolute atomic E-state index is 13.5. The van der Waals surface area contributed by atoms with E-state index in [4.69, 9.17) is 5.84 Å². The van der Waals surface area contributed by atoms with Crippen molar-refractivity contribution in [2.75, 3.05) is 0 Å². The van der Waals surface area contributed by atoms with Crippen molar-refractivity contribution in [2.45, 2.75) is 46.6 Å². The van der Waals surface area contributed by atoms with Crippen LogP contribution < -0.4 is 11.3 Å². The first-order chi connectivity index (χ1) is 7.83. The summed E-state index contributed by atoms with van der Waals surface area (Å²) in [4.78, 5) is 0. The molecule has 0 bridgehead atoms. The molecule has 1 rings (SSSR count). The van der Waals surface area contributed by atoms with Gasteiger partial charge in [-0.3, -0.25) is 11.3 Å². The van der Waals surface area contributed by atoms with Crippen LogP contribution in [0.1, 0.15) is 50.8 Å². The number of hydrogen-bond acceptors (Lipinski definition) is 2. The van der Waals surface area contributed by atoms with E-state index in [1.54, 1.807) is 19.1 Å². The third-order valence-electron chi connectivity index (χ3n) is 2.98. The van der Waals surface area contributed by atoms with Gasteiger partial charge in [0.05, 0.1) is 0 Å². The van der Waals surface area contributed by atoms with E-state index in [0.717, 1.165) is 18.4 Å². The average molecular weight is 238 g/mol. The summed E-state index contributed by atoms with van der Waals surface area (Å²) in [7, 11) is 0. The highest BCUT2D eigenvalue weighted by atomic mass is 19.1. The van der Waals surface area contributed by atoms with E-state index in [2.05, 4.69) is 26.2 Å². The Bertz CT molecular complexity index is 369. The predicted molar refractivity (Wildman–Crippen MR) is 69.9 cm³/mol. The molecule has 0 aliphatic rings. The summed E-state index contributed by atoms with van der Waals surface area (Å²) in [5.41, 5.74) is 4.62. The van der Waals surface area contributed by atoms with Gasteiger partial charge in [0.15, 0.2) is 0 Å². The highest BCUT2D eigenvalue weighted by Gasteiger charge is 2.16. The third kappa shape index (κ3) is 4.44. The molecule has 1 aromatic carbocycles. The van der Waals surface area contributed by atoms with E-state index in [1.807, 2.05) is 6.07 Å². The second-order valence-electron chi connectivity index (χ2n) is 5.83.